The van der Waals surface area contributed by atoms with Crippen LogP contribution < -0.4 is 9.46 Å². The fourth-order valence-electron chi connectivity index (χ4n) is 2.32. The topological polar surface area (TPSA) is 75.6 Å². The van der Waals surface area contributed by atoms with Crippen molar-refractivity contribution in [1.29, 1.82) is 0 Å². The molecule has 3 aromatic carbocycles. The first-order valence-electron chi connectivity index (χ1n) is 6.89. The number of methoxy groups -OCH3 is 1. The van der Waals surface area contributed by atoms with E-state index in [2.05, 4.69) is 4.72 Å². The van der Waals surface area contributed by atoms with Crippen molar-refractivity contribution in [3.63, 3.8) is 0 Å². The number of aromatic hydroxyl groups is 1. The van der Waals surface area contributed by atoms with Crippen LogP contribution in [0.15, 0.2) is 65.6 Å². The van der Waals surface area contributed by atoms with Gasteiger partial charge in [0.2, 0.25) is 0 Å². The van der Waals surface area contributed by atoms with E-state index in [0.29, 0.717) is 11.1 Å². The fraction of sp³-hybridized carbons (Fsp3) is 0.0588. The van der Waals surface area contributed by atoms with E-state index in [-0.39, 0.29) is 16.3 Å². The Labute approximate surface area is 134 Å². The lowest BCUT2D eigenvalue weighted by atomic mass is 10.1. The maximum atomic E-state index is 12.5. The van der Waals surface area contributed by atoms with Gasteiger partial charge in [-0.1, -0.05) is 30.3 Å². The van der Waals surface area contributed by atoms with Crippen LogP contribution in [-0.2, 0) is 10.0 Å². The van der Waals surface area contributed by atoms with E-state index in [4.69, 9.17) is 4.74 Å². The molecule has 118 valence electrons. The molecule has 2 N–H and O–H groups in total. The molecule has 6 heteroatoms. The highest BCUT2D eigenvalue weighted by Gasteiger charge is 2.18. The smallest absolute Gasteiger partial charge is 0.262 e. The Morgan fingerprint density at radius 1 is 0.957 bits per heavy atom. The van der Waals surface area contributed by atoms with E-state index >= 15 is 0 Å². The van der Waals surface area contributed by atoms with Gasteiger partial charge in [0.1, 0.15) is 11.5 Å². The summed E-state index contributed by atoms with van der Waals surface area (Å²) in [7, 11) is -2.31. The zero-order valence-corrected chi connectivity index (χ0v) is 13.2. The van der Waals surface area contributed by atoms with Crippen LogP contribution in [0.25, 0.3) is 10.8 Å². The molecule has 0 saturated heterocycles. The van der Waals surface area contributed by atoms with Crippen molar-refractivity contribution in [3.05, 3.63) is 60.7 Å². The van der Waals surface area contributed by atoms with Gasteiger partial charge in [-0.3, -0.25) is 4.72 Å². The number of anilines is 1. The summed E-state index contributed by atoms with van der Waals surface area (Å²) in [5, 5.41) is 11.5. The first-order chi connectivity index (χ1) is 11.0. The molecule has 0 heterocycles. The normalized spacial score (nSPS) is 11.3. The van der Waals surface area contributed by atoms with Gasteiger partial charge in [-0.15, -0.1) is 0 Å². The Hall–Kier alpha value is -2.73. The SMILES string of the molecule is COc1ccc(S(=O)(=O)Nc2c(O)ccc3ccccc23)cc1. The van der Waals surface area contributed by atoms with E-state index < -0.39 is 10.0 Å². The largest absolute Gasteiger partial charge is 0.506 e. The van der Waals surface area contributed by atoms with Gasteiger partial charge in [0.25, 0.3) is 10.0 Å². The predicted molar refractivity (Wildman–Crippen MR) is 89.4 cm³/mol. The minimum atomic E-state index is -3.82. The molecule has 0 aromatic heterocycles. The number of phenols is 1. The van der Waals surface area contributed by atoms with Crippen LogP contribution in [0.1, 0.15) is 0 Å². The summed E-state index contributed by atoms with van der Waals surface area (Å²) in [6, 6.07) is 16.5. The average molecular weight is 329 g/mol. The van der Waals surface area contributed by atoms with Gasteiger partial charge in [0.15, 0.2) is 0 Å². The number of hydrogen-bond donors (Lipinski definition) is 2. The fourth-order valence-corrected chi connectivity index (χ4v) is 3.41. The summed E-state index contributed by atoms with van der Waals surface area (Å²) in [6.45, 7) is 0. The molecule has 0 fully saturated rings. The third-order valence-corrected chi connectivity index (χ3v) is 4.88. The molecule has 0 radical (unpaired) electrons. The van der Waals surface area contributed by atoms with Gasteiger partial charge >= 0.3 is 0 Å². The third-order valence-electron chi connectivity index (χ3n) is 3.51. The van der Waals surface area contributed by atoms with Gasteiger partial charge in [0.05, 0.1) is 17.7 Å². The minimum absolute atomic E-state index is 0.0886. The van der Waals surface area contributed by atoms with E-state index in [1.807, 2.05) is 12.1 Å². The van der Waals surface area contributed by atoms with Crippen molar-refractivity contribution in [3.8, 4) is 11.5 Å². The van der Waals surface area contributed by atoms with E-state index in [1.165, 1.54) is 25.3 Å². The Bertz CT molecular complexity index is 950. The molecule has 0 amide bonds. The zero-order chi connectivity index (χ0) is 16.4. The van der Waals surface area contributed by atoms with Crippen LogP contribution in [0.2, 0.25) is 0 Å². The molecule has 0 saturated carbocycles. The Morgan fingerprint density at radius 2 is 1.65 bits per heavy atom. The Kier molecular flexibility index (Phi) is 3.83. The molecular formula is C17H15NO4S. The number of phenolic OH excluding ortho intramolecular Hbond substituents is 1. The number of nitrogens with one attached hydrogen (secondary N) is 1. The van der Waals surface area contributed by atoms with Crippen molar-refractivity contribution in [1.82, 2.24) is 0 Å². The van der Waals surface area contributed by atoms with Crippen molar-refractivity contribution in [2.75, 3.05) is 11.8 Å². The maximum Gasteiger partial charge on any atom is 0.262 e. The molecule has 0 spiro atoms. The molecule has 0 atom stereocenters. The summed E-state index contributed by atoms with van der Waals surface area (Å²) in [6.07, 6.45) is 0. The van der Waals surface area contributed by atoms with E-state index in [0.717, 1.165) is 5.39 Å². The predicted octanol–water partition coefficient (Wildman–Crippen LogP) is 3.35. The van der Waals surface area contributed by atoms with Crippen molar-refractivity contribution in [2.24, 2.45) is 0 Å². The monoisotopic (exact) mass is 329 g/mol. The van der Waals surface area contributed by atoms with Crippen LogP contribution in [0.5, 0.6) is 11.5 Å². The molecule has 3 rings (SSSR count). The van der Waals surface area contributed by atoms with E-state index in [1.54, 1.807) is 30.3 Å². The highest BCUT2D eigenvalue weighted by atomic mass is 32.2. The minimum Gasteiger partial charge on any atom is -0.506 e. The molecule has 0 unspecified atom stereocenters. The highest BCUT2D eigenvalue weighted by Crippen LogP contribution is 2.34. The number of rotatable bonds is 4. The summed E-state index contributed by atoms with van der Waals surface area (Å²) in [5.74, 6) is 0.442. The summed E-state index contributed by atoms with van der Waals surface area (Å²) in [4.78, 5) is 0.0886. The van der Waals surface area contributed by atoms with Crippen LogP contribution in [-0.4, -0.2) is 20.6 Å². The molecule has 3 aromatic rings. The number of ether oxygens (including phenoxy) is 1. The lowest BCUT2D eigenvalue weighted by Crippen LogP contribution is -2.13. The molecule has 0 aliphatic rings. The summed E-state index contributed by atoms with van der Waals surface area (Å²) >= 11 is 0. The van der Waals surface area contributed by atoms with Crippen molar-refractivity contribution in [2.45, 2.75) is 4.90 Å². The van der Waals surface area contributed by atoms with Crippen LogP contribution in [0.3, 0.4) is 0 Å². The van der Waals surface area contributed by atoms with Crippen LogP contribution in [0, 0.1) is 0 Å². The number of hydrogen-bond acceptors (Lipinski definition) is 4. The second-order valence-electron chi connectivity index (χ2n) is 4.96. The van der Waals surface area contributed by atoms with Crippen LogP contribution >= 0.6 is 0 Å². The number of fused-ring (bicyclic) bond motifs is 1. The second-order valence-corrected chi connectivity index (χ2v) is 6.64. The lowest BCUT2D eigenvalue weighted by molar-refractivity contribution is 0.414. The van der Waals surface area contributed by atoms with E-state index in [9.17, 15) is 13.5 Å². The summed E-state index contributed by atoms with van der Waals surface area (Å²) < 4.78 is 32.6. The zero-order valence-electron chi connectivity index (χ0n) is 12.4. The number of benzene rings is 3. The molecule has 23 heavy (non-hydrogen) atoms. The molecule has 5 nitrogen and oxygen atoms in total. The summed E-state index contributed by atoms with van der Waals surface area (Å²) in [5.41, 5.74) is 0.166. The van der Waals surface area contributed by atoms with Gasteiger partial charge in [-0.05, 0) is 35.7 Å². The molecule has 0 bridgehead atoms. The van der Waals surface area contributed by atoms with Gasteiger partial charge in [-0.25, -0.2) is 8.42 Å². The van der Waals surface area contributed by atoms with Gasteiger partial charge < -0.3 is 9.84 Å². The molecular weight excluding hydrogens is 314 g/mol. The van der Waals surface area contributed by atoms with Crippen LogP contribution in [0.4, 0.5) is 5.69 Å². The lowest BCUT2D eigenvalue weighted by Gasteiger charge is -2.12. The Morgan fingerprint density at radius 3 is 2.35 bits per heavy atom. The highest BCUT2D eigenvalue weighted by molar-refractivity contribution is 7.92. The average Bonchev–Trinajstić information content (AvgIpc) is 2.57. The quantitative estimate of drug-likeness (QED) is 0.720. The molecule has 0 aliphatic carbocycles. The molecule has 0 aliphatic heterocycles. The standard InChI is InChI=1S/C17H15NO4S/c1-22-13-7-9-14(10-8-13)23(20,21)18-17-15-5-3-2-4-12(15)6-11-16(17)19/h2-11,18-19H,1H3. The van der Waals surface area contributed by atoms with Gasteiger partial charge in [-0.2, -0.15) is 0 Å². The Balaban J connectivity index is 2.05. The second kappa shape index (κ2) is 5.81. The van der Waals surface area contributed by atoms with Crippen molar-refractivity contribution >= 4 is 26.5 Å². The third kappa shape index (κ3) is 2.93. The maximum absolute atomic E-state index is 12.5. The van der Waals surface area contributed by atoms with Gasteiger partial charge in [0, 0.05) is 5.39 Å². The number of sulfonamides is 1. The first kappa shape index (κ1) is 15.2. The van der Waals surface area contributed by atoms with Crippen molar-refractivity contribution < 1.29 is 18.3 Å². The first-order valence-corrected chi connectivity index (χ1v) is 8.37.